The lowest BCUT2D eigenvalue weighted by Gasteiger charge is -2.08. The van der Waals surface area contributed by atoms with Crippen molar-refractivity contribution in [3.05, 3.63) is 42.1 Å². The van der Waals surface area contributed by atoms with E-state index in [0.717, 1.165) is 6.42 Å². The number of hydrogen-bond acceptors (Lipinski definition) is 4. The standard InChI is InChI=1S/C15H22N2O3S/c1-4-5-11-21(19,20)16-14-8-6-7-13(12-14)15(18)9-10-17(2)3/h6-10,12,16H,4-5,11H2,1-3H3. The summed E-state index contributed by atoms with van der Waals surface area (Å²) in [5.41, 5.74) is 0.860. The summed E-state index contributed by atoms with van der Waals surface area (Å²) in [6, 6.07) is 6.50. The second kappa shape index (κ2) is 7.83. The highest BCUT2D eigenvalue weighted by atomic mass is 32.2. The van der Waals surface area contributed by atoms with Crippen molar-refractivity contribution in [3.63, 3.8) is 0 Å². The summed E-state index contributed by atoms with van der Waals surface area (Å²) in [6.07, 6.45) is 4.53. The van der Waals surface area contributed by atoms with Crippen LogP contribution in [0.4, 0.5) is 5.69 Å². The highest BCUT2D eigenvalue weighted by molar-refractivity contribution is 7.92. The third-order valence-electron chi connectivity index (χ3n) is 2.71. The fraction of sp³-hybridized carbons (Fsp3) is 0.400. The van der Waals surface area contributed by atoms with Crippen molar-refractivity contribution < 1.29 is 13.2 Å². The van der Waals surface area contributed by atoms with Crippen LogP contribution in [0.2, 0.25) is 0 Å². The van der Waals surface area contributed by atoms with Crippen LogP contribution in [0.5, 0.6) is 0 Å². The van der Waals surface area contributed by atoms with Gasteiger partial charge in [0.15, 0.2) is 5.78 Å². The number of carbonyl (C=O) groups excluding carboxylic acids is 1. The van der Waals surface area contributed by atoms with E-state index in [0.29, 0.717) is 17.7 Å². The summed E-state index contributed by atoms with van der Waals surface area (Å²) in [7, 11) is 0.290. The van der Waals surface area contributed by atoms with Crippen molar-refractivity contribution in [3.8, 4) is 0 Å². The maximum Gasteiger partial charge on any atom is 0.232 e. The highest BCUT2D eigenvalue weighted by Crippen LogP contribution is 2.14. The third kappa shape index (κ3) is 6.44. The van der Waals surface area contributed by atoms with Crippen molar-refractivity contribution in [1.29, 1.82) is 0 Å². The molecule has 0 unspecified atom stereocenters. The molecule has 0 saturated heterocycles. The largest absolute Gasteiger partial charge is 0.383 e. The fourth-order valence-electron chi connectivity index (χ4n) is 1.61. The molecule has 116 valence electrons. The minimum atomic E-state index is -3.35. The Morgan fingerprint density at radius 1 is 1.33 bits per heavy atom. The molecule has 0 atom stereocenters. The zero-order valence-corrected chi connectivity index (χ0v) is 13.5. The van der Waals surface area contributed by atoms with Crippen molar-refractivity contribution in [2.45, 2.75) is 19.8 Å². The third-order valence-corrected chi connectivity index (χ3v) is 4.08. The van der Waals surface area contributed by atoms with Gasteiger partial charge in [0.1, 0.15) is 0 Å². The highest BCUT2D eigenvalue weighted by Gasteiger charge is 2.10. The van der Waals surface area contributed by atoms with Gasteiger partial charge in [-0.05, 0) is 18.6 Å². The van der Waals surface area contributed by atoms with E-state index < -0.39 is 10.0 Å². The van der Waals surface area contributed by atoms with Crippen LogP contribution in [-0.4, -0.2) is 38.9 Å². The average molecular weight is 310 g/mol. The molecule has 1 rings (SSSR count). The minimum Gasteiger partial charge on any atom is -0.383 e. The molecule has 21 heavy (non-hydrogen) atoms. The molecule has 0 heterocycles. The van der Waals surface area contributed by atoms with Gasteiger partial charge in [-0.2, -0.15) is 0 Å². The van der Waals surface area contributed by atoms with Gasteiger partial charge < -0.3 is 4.90 Å². The summed E-state index contributed by atoms with van der Waals surface area (Å²) >= 11 is 0. The lowest BCUT2D eigenvalue weighted by atomic mass is 10.1. The smallest absolute Gasteiger partial charge is 0.232 e. The Morgan fingerprint density at radius 3 is 2.67 bits per heavy atom. The first-order valence-electron chi connectivity index (χ1n) is 6.83. The normalized spacial score (nSPS) is 11.6. The first-order valence-corrected chi connectivity index (χ1v) is 8.49. The van der Waals surface area contributed by atoms with Gasteiger partial charge in [-0.15, -0.1) is 0 Å². The van der Waals surface area contributed by atoms with Crippen molar-refractivity contribution >= 4 is 21.5 Å². The van der Waals surface area contributed by atoms with Gasteiger partial charge >= 0.3 is 0 Å². The molecule has 5 nitrogen and oxygen atoms in total. The van der Waals surface area contributed by atoms with Gasteiger partial charge in [-0.3, -0.25) is 9.52 Å². The van der Waals surface area contributed by atoms with Crippen molar-refractivity contribution in [2.24, 2.45) is 0 Å². The molecule has 0 aliphatic heterocycles. The minimum absolute atomic E-state index is 0.0855. The molecule has 1 aromatic rings. The Morgan fingerprint density at radius 2 is 2.05 bits per heavy atom. The second-order valence-corrected chi connectivity index (χ2v) is 6.84. The van der Waals surface area contributed by atoms with Crippen LogP contribution in [0.1, 0.15) is 30.1 Å². The number of unbranched alkanes of at least 4 members (excludes halogenated alkanes) is 1. The maximum atomic E-state index is 11.9. The van der Waals surface area contributed by atoms with Gasteiger partial charge in [0.25, 0.3) is 0 Å². The summed E-state index contributed by atoms with van der Waals surface area (Å²) in [4.78, 5) is 13.7. The monoisotopic (exact) mass is 310 g/mol. The maximum absolute atomic E-state index is 11.9. The number of anilines is 1. The van der Waals surface area contributed by atoms with Gasteiger partial charge in [-0.1, -0.05) is 25.5 Å². The number of ketones is 1. The molecular weight excluding hydrogens is 288 g/mol. The number of sulfonamides is 1. The SMILES string of the molecule is CCCCS(=O)(=O)Nc1cccc(C(=O)C=CN(C)C)c1. The van der Waals surface area contributed by atoms with Crippen LogP contribution in [0.3, 0.4) is 0 Å². The molecular formula is C15H22N2O3S. The summed E-state index contributed by atoms with van der Waals surface area (Å²) in [6.45, 7) is 1.94. The molecule has 0 aromatic heterocycles. The number of hydrogen-bond donors (Lipinski definition) is 1. The van der Waals surface area contributed by atoms with Crippen LogP contribution in [-0.2, 0) is 10.0 Å². The van der Waals surface area contributed by atoms with E-state index in [2.05, 4.69) is 4.72 Å². The van der Waals surface area contributed by atoms with Crippen LogP contribution in [0, 0.1) is 0 Å². The number of nitrogens with zero attached hydrogens (tertiary/aromatic N) is 1. The number of nitrogens with one attached hydrogen (secondary N) is 1. The quantitative estimate of drug-likeness (QED) is 0.592. The zero-order valence-electron chi connectivity index (χ0n) is 12.7. The molecule has 0 aliphatic rings. The Kier molecular flexibility index (Phi) is 6.42. The van der Waals surface area contributed by atoms with Crippen LogP contribution in [0.25, 0.3) is 0 Å². The molecule has 0 bridgehead atoms. The van der Waals surface area contributed by atoms with Gasteiger partial charge in [0.05, 0.1) is 5.75 Å². The molecule has 6 heteroatoms. The van der Waals surface area contributed by atoms with Crippen LogP contribution in [0.15, 0.2) is 36.5 Å². The molecule has 1 N–H and O–H groups in total. The van der Waals surface area contributed by atoms with Crippen LogP contribution >= 0.6 is 0 Å². The number of allylic oxidation sites excluding steroid dienone is 1. The zero-order chi connectivity index (χ0) is 15.9. The summed E-state index contributed by atoms with van der Waals surface area (Å²) < 4.78 is 26.2. The molecule has 0 radical (unpaired) electrons. The molecule has 0 spiro atoms. The molecule has 0 aliphatic carbocycles. The molecule has 1 aromatic carbocycles. The Bertz CT molecular complexity index is 607. The van der Waals surface area contributed by atoms with Gasteiger partial charge in [0, 0.05) is 37.6 Å². The topological polar surface area (TPSA) is 66.5 Å². The van der Waals surface area contributed by atoms with E-state index in [9.17, 15) is 13.2 Å². The predicted octanol–water partition coefficient (Wildman–Crippen LogP) is 2.49. The number of benzene rings is 1. The van der Waals surface area contributed by atoms with E-state index in [-0.39, 0.29) is 11.5 Å². The molecule has 0 amide bonds. The second-order valence-electron chi connectivity index (χ2n) is 5.00. The van der Waals surface area contributed by atoms with E-state index in [1.807, 2.05) is 21.0 Å². The Labute approximate surface area is 126 Å². The number of rotatable bonds is 8. The number of carbonyl (C=O) groups is 1. The average Bonchev–Trinajstić information content (AvgIpc) is 2.42. The van der Waals surface area contributed by atoms with E-state index >= 15 is 0 Å². The van der Waals surface area contributed by atoms with Gasteiger partial charge in [-0.25, -0.2) is 8.42 Å². The summed E-state index contributed by atoms with van der Waals surface area (Å²) in [5, 5.41) is 0. The lowest BCUT2D eigenvalue weighted by molar-refractivity contribution is 0.104. The predicted molar refractivity (Wildman–Crippen MR) is 85.9 cm³/mol. The van der Waals surface area contributed by atoms with E-state index in [1.165, 1.54) is 6.08 Å². The fourth-order valence-corrected chi connectivity index (χ4v) is 2.87. The molecule has 0 saturated carbocycles. The first kappa shape index (κ1) is 17.2. The van der Waals surface area contributed by atoms with E-state index in [1.54, 1.807) is 35.4 Å². The Hall–Kier alpha value is -1.82. The van der Waals surface area contributed by atoms with Crippen LogP contribution < -0.4 is 4.72 Å². The molecule has 0 fully saturated rings. The van der Waals surface area contributed by atoms with Gasteiger partial charge in [0.2, 0.25) is 10.0 Å². The Balaban J connectivity index is 2.84. The lowest BCUT2D eigenvalue weighted by Crippen LogP contribution is -2.16. The van der Waals surface area contributed by atoms with Crippen molar-refractivity contribution in [1.82, 2.24) is 4.90 Å². The van der Waals surface area contributed by atoms with E-state index in [4.69, 9.17) is 0 Å². The summed E-state index contributed by atoms with van der Waals surface area (Å²) in [5.74, 6) is -0.0827. The first-order chi connectivity index (χ1) is 9.84. The van der Waals surface area contributed by atoms with Crippen molar-refractivity contribution in [2.75, 3.05) is 24.6 Å².